The Morgan fingerprint density at radius 2 is 1.82 bits per heavy atom. The molecule has 0 spiro atoms. The monoisotopic (exact) mass is 441 g/mol. The molecule has 0 saturated heterocycles. The van der Waals surface area contributed by atoms with Gasteiger partial charge in [-0.3, -0.25) is 4.79 Å². The molecule has 4 aromatic rings. The lowest BCUT2D eigenvalue weighted by atomic mass is 10.0. The van der Waals surface area contributed by atoms with Crippen LogP contribution in [0.15, 0.2) is 71.4 Å². The maximum absolute atomic E-state index is 12.6. The molecule has 2 aromatic heterocycles. The van der Waals surface area contributed by atoms with Crippen molar-refractivity contribution in [3.8, 4) is 22.6 Å². The van der Waals surface area contributed by atoms with Gasteiger partial charge in [0.15, 0.2) is 5.76 Å². The summed E-state index contributed by atoms with van der Waals surface area (Å²) in [5.74, 6) is 1.03. The van der Waals surface area contributed by atoms with Crippen LogP contribution in [0.25, 0.3) is 22.6 Å². The predicted octanol–water partition coefficient (Wildman–Crippen LogP) is 4.59. The lowest BCUT2D eigenvalue weighted by molar-refractivity contribution is -0.122. The van der Waals surface area contributed by atoms with Gasteiger partial charge in [0.05, 0.1) is 22.9 Å². The highest BCUT2D eigenvalue weighted by Crippen LogP contribution is 2.31. The number of benzene rings is 2. The molecule has 168 valence electrons. The van der Waals surface area contributed by atoms with Crippen LogP contribution < -0.4 is 10.2 Å². The van der Waals surface area contributed by atoms with Gasteiger partial charge in [0.1, 0.15) is 0 Å². The SMILES string of the molecule is Cc1cc(-c2cnc(N(C)C)nc2-c2ccc(CNC(=O)[C@@H](C)c3ccccc3)cc2)on1. The molecule has 7 heteroatoms. The number of carbonyl (C=O) groups excluding carboxylic acids is 1. The summed E-state index contributed by atoms with van der Waals surface area (Å²) in [5, 5.41) is 7.02. The summed E-state index contributed by atoms with van der Waals surface area (Å²) in [6, 6.07) is 19.6. The summed E-state index contributed by atoms with van der Waals surface area (Å²) >= 11 is 0. The maximum Gasteiger partial charge on any atom is 0.227 e. The van der Waals surface area contributed by atoms with Crippen molar-refractivity contribution in [1.82, 2.24) is 20.4 Å². The smallest absolute Gasteiger partial charge is 0.227 e. The van der Waals surface area contributed by atoms with Gasteiger partial charge < -0.3 is 14.7 Å². The van der Waals surface area contributed by atoms with Crippen molar-refractivity contribution in [2.24, 2.45) is 0 Å². The van der Waals surface area contributed by atoms with Gasteiger partial charge in [-0.05, 0) is 25.0 Å². The van der Waals surface area contributed by atoms with Gasteiger partial charge in [-0.2, -0.15) is 0 Å². The molecule has 7 nitrogen and oxygen atoms in total. The number of aromatic nitrogens is 3. The second kappa shape index (κ2) is 9.65. The minimum atomic E-state index is -0.205. The fourth-order valence-electron chi connectivity index (χ4n) is 3.49. The largest absolute Gasteiger partial charge is 0.356 e. The molecular weight excluding hydrogens is 414 g/mol. The summed E-state index contributed by atoms with van der Waals surface area (Å²) in [6.45, 7) is 4.25. The van der Waals surface area contributed by atoms with Crippen molar-refractivity contribution in [3.63, 3.8) is 0 Å². The zero-order valence-electron chi connectivity index (χ0n) is 19.2. The topological polar surface area (TPSA) is 84.2 Å². The van der Waals surface area contributed by atoms with E-state index in [0.717, 1.165) is 33.6 Å². The summed E-state index contributed by atoms with van der Waals surface area (Å²) in [5.41, 5.74) is 5.27. The van der Waals surface area contributed by atoms with Crippen molar-refractivity contribution in [3.05, 3.63) is 83.7 Å². The molecule has 0 radical (unpaired) electrons. The van der Waals surface area contributed by atoms with Gasteiger partial charge in [0.2, 0.25) is 11.9 Å². The van der Waals surface area contributed by atoms with Gasteiger partial charge in [-0.1, -0.05) is 59.8 Å². The molecule has 1 atom stereocenters. The van der Waals surface area contributed by atoms with Crippen molar-refractivity contribution >= 4 is 11.9 Å². The Morgan fingerprint density at radius 3 is 2.45 bits per heavy atom. The molecule has 33 heavy (non-hydrogen) atoms. The van der Waals surface area contributed by atoms with E-state index in [9.17, 15) is 4.79 Å². The third-order valence-electron chi connectivity index (χ3n) is 5.46. The number of hydrogen-bond acceptors (Lipinski definition) is 6. The summed E-state index contributed by atoms with van der Waals surface area (Å²) in [6.07, 6.45) is 1.76. The van der Waals surface area contributed by atoms with Gasteiger partial charge in [-0.25, -0.2) is 9.97 Å². The van der Waals surface area contributed by atoms with Crippen LogP contribution >= 0.6 is 0 Å². The zero-order chi connectivity index (χ0) is 23.4. The van der Waals surface area contributed by atoms with E-state index in [0.29, 0.717) is 18.3 Å². The molecule has 0 aliphatic carbocycles. The normalized spacial score (nSPS) is 11.8. The van der Waals surface area contributed by atoms with Crippen LogP contribution in [-0.2, 0) is 11.3 Å². The van der Waals surface area contributed by atoms with Crippen LogP contribution in [0.4, 0.5) is 5.95 Å². The van der Waals surface area contributed by atoms with E-state index < -0.39 is 0 Å². The van der Waals surface area contributed by atoms with E-state index in [-0.39, 0.29) is 11.8 Å². The van der Waals surface area contributed by atoms with E-state index in [1.807, 2.05) is 93.5 Å². The Bertz CT molecular complexity index is 1230. The summed E-state index contributed by atoms with van der Waals surface area (Å²) in [7, 11) is 3.80. The number of amides is 1. The molecule has 0 saturated carbocycles. The average molecular weight is 442 g/mol. The molecule has 4 rings (SSSR count). The van der Waals surface area contributed by atoms with Crippen molar-refractivity contribution in [2.45, 2.75) is 26.3 Å². The number of hydrogen-bond donors (Lipinski definition) is 1. The standard InChI is InChI=1S/C26H27N5O2/c1-17-14-23(33-30-17)22-16-28-26(31(3)4)29-24(22)21-12-10-19(11-13-21)15-27-25(32)18(2)20-8-6-5-7-9-20/h5-14,16,18H,15H2,1-4H3,(H,27,32)/t18-/m0/s1. The number of aryl methyl sites for hydroxylation is 1. The lowest BCUT2D eigenvalue weighted by Crippen LogP contribution is -2.27. The van der Waals surface area contributed by atoms with Crippen LogP contribution in [0.5, 0.6) is 0 Å². The minimum absolute atomic E-state index is 0.000299. The Balaban J connectivity index is 1.53. The number of nitrogens with zero attached hydrogens (tertiary/aromatic N) is 4. The third kappa shape index (κ3) is 5.09. The van der Waals surface area contributed by atoms with Gasteiger partial charge in [-0.15, -0.1) is 0 Å². The molecule has 2 heterocycles. The van der Waals surface area contributed by atoms with E-state index >= 15 is 0 Å². The fourth-order valence-corrected chi connectivity index (χ4v) is 3.49. The molecule has 2 aromatic carbocycles. The van der Waals surface area contributed by atoms with Crippen LogP contribution in [0.1, 0.15) is 29.7 Å². The first-order valence-corrected chi connectivity index (χ1v) is 10.8. The van der Waals surface area contributed by atoms with Gasteiger partial charge >= 0.3 is 0 Å². The second-order valence-corrected chi connectivity index (χ2v) is 8.21. The Hall–Kier alpha value is -4.00. The first kappa shape index (κ1) is 22.2. The van der Waals surface area contributed by atoms with Crippen molar-refractivity contribution in [1.29, 1.82) is 0 Å². The summed E-state index contributed by atoms with van der Waals surface area (Å²) < 4.78 is 5.47. The highest BCUT2D eigenvalue weighted by atomic mass is 16.5. The first-order valence-electron chi connectivity index (χ1n) is 10.8. The highest BCUT2D eigenvalue weighted by Gasteiger charge is 2.17. The molecule has 0 fully saturated rings. The number of anilines is 1. The third-order valence-corrected chi connectivity index (χ3v) is 5.46. The quantitative estimate of drug-likeness (QED) is 0.451. The maximum atomic E-state index is 12.6. The molecule has 0 bridgehead atoms. The fraction of sp³-hybridized carbons (Fsp3) is 0.231. The Kier molecular flexibility index (Phi) is 6.49. The number of carbonyl (C=O) groups is 1. The average Bonchev–Trinajstić information content (AvgIpc) is 3.28. The zero-order valence-corrected chi connectivity index (χ0v) is 19.2. The molecule has 1 amide bonds. The minimum Gasteiger partial charge on any atom is -0.356 e. The van der Waals surface area contributed by atoms with Crippen LogP contribution in [0, 0.1) is 6.92 Å². The molecular formula is C26H27N5O2. The van der Waals surface area contributed by atoms with E-state index in [1.165, 1.54) is 0 Å². The molecule has 1 N–H and O–H groups in total. The Morgan fingerprint density at radius 1 is 1.09 bits per heavy atom. The van der Waals surface area contributed by atoms with Crippen LogP contribution in [0.2, 0.25) is 0 Å². The number of nitrogens with one attached hydrogen (secondary N) is 1. The van der Waals surface area contributed by atoms with Crippen LogP contribution in [-0.4, -0.2) is 35.1 Å². The van der Waals surface area contributed by atoms with Crippen molar-refractivity contribution in [2.75, 3.05) is 19.0 Å². The van der Waals surface area contributed by atoms with E-state index in [2.05, 4.69) is 15.5 Å². The van der Waals surface area contributed by atoms with Gasteiger partial charge in [0.25, 0.3) is 0 Å². The number of rotatable bonds is 7. The van der Waals surface area contributed by atoms with Gasteiger partial charge in [0, 0.05) is 38.5 Å². The Labute approximate surface area is 193 Å². The highest BCUT2D eigenvalue weighted by molar-refractivity contribution is 5.83. The molecule has 0 unspecified atom stereocenters. The van der Waals surface area contributed by atoms with E-state index in [1.54, 1.807) is 6.20 Å². The predicted molar refractivity (Wildman–Crippen MR) is 129 cm³/mol. The van der Waals surface area contributed by atoms with E-state index in [4.69, 9.17) is 9.51 Å². The van der Waals surface area contributed by atoms with Crippen LogP contribution in [0.3, 0.4) is 0 Å². The first-order chi connectivity index (χ1) is 15.9. The second-order valence-electron chi connectivity index (χ2n) is 8.21. The molecule has 0 aliphatic heterocycles. The summed E-state index contributed by atoms with van der Waals surface area (Å²) in [4.78, 5) is 23.6. The lowest BCUT2D eigenvalue weighted by Gasteiger charge is -2.14. The molecule has 0 aliphatic rings. The van der Waals surface area contributed by atoms with Crippen molar-refractivity contribution < 1.29 is 9.32 Å².